The van der Waals surface area contributed by atoms with Gasteiger partial charge in [-0.2, -0.15) is 0 Å². The van der Waals surface area contributed by atoms with Gasteiger partial charge in [-0.05, 0) is 6.92 Å². The molecule has 92 valence electrons. The van der Waals surface area contributed by atoms with Gasteiger partial charge >= 0.3 is 25.6 Å². The van der Waals surface area contributed by atoms with Crippen LogP contribution in [0, 0.1) is 0 Å². The number of ether oxygens (including phenoxy) is 2. The summed E-state index contributed by atoms with van der Waals surface area (Å²) in [5.41, 5.74) is 0.253. The highest BCUT2D eigenvalue weighted by Crippen LogP contribution is 2.17. The molecule has 0 aliphatic rings. The molecule has 1 atom stereocenters. The highest BCUT2D eigenvalue weighted by atomic mass is 31.1. The Hall–Kier alpha value is -1.88. The van der Waals surface area contributed by atoms with Crippen LogP contribution >= 0.6 is 7.89 Å². The van der Waals surface area contributed by atoms with Gasteiger partial charge in [-0.3, -0.25) is 0 Å². The van der Waals surface area contributed by atoms with Crippen LogP contribution < -0.4 is 0 Å². The predicted octanol–water partition coefficient (Wildman–Crippen LogP) is 1.89. The van der Waals surface area contributed by atoms with Crippen molar-refractivity contribution in [1.82, 2.24) is 0 Å². The first-order valence-corrected chi connectivity index (χ1v) is 5.62. The smallest absolute Gasteiger partial charge is 0.459 e. The second-order valence-electron chi connectivity index (χ2n) is 2.95. The molecule has 1 aromatic heterocycles. The minimum absolute atomic E-state index is 0.0995. The molecule has 0 amide bonds. The summed E-state index contributed by atoms with van der Waals surface area (Å²) in [7, 11) is -2.31. The Morgan fingerprint density at radius 1 is 1.41 bits per heavy atom. The van der Waals surface area contributed by atoms with E-state index in [1.54, 1.807) is 0 Å². The molecule has 0 aliphatic heterocycles. The molecule has 0 radical (unpaired) electrons. The molecule has 8 heteroatoms. The van der Waals surface area contributed by atoms with Gasteiger partial charge in [0, 0.05) is 10.1 Å². The van der Waals surface area contributed by atoms with E-state index in [0.29, 0.717) is 0 Å². The van der Waals surface area contributed by atoms with Crippen molar-refractivity contribution >= 4 is 19.8 Å². The van der Waals surface area contributed by atoms with Gasteiger partial charge in [-0.15, -0.1) is 0 Å². The Morgan fingerprint density at radius 3 is 2.59 bits per heavy atom. The van der Waals surface area contributed by atoms with Gasteiger partial charge in [-0.1, -0.05) is 6.58 Å². The van der Waals surface area contributed by atoms with E-state index >= 15 is 0 Å². The summed E-state index contributed by atoms with van der Waals surface area (Å²) < 4.78 is 28.8. The lowest BCUT2D eigenvalue weighted by Gasteiger charge is -2.03. The Labute approximate surface area is 96.9 Å². The summed E-state index contributed by atoms with van der Waals surface area (Å²) in [4.78, 5) is 22.1. The summed E-state index contributed by atoms with van der Waals surface area (Å²) in [6.07, 6.45) is 0.904. The van der Waals surface area contributed by atoms with Crippen molar-refractivity contribution in [2.24, 2.45) is 0 Å². The highest BCUT2D eigenvalue weighted by molar-refractivity contribution is 7.22. The molecule has 1 rings (SSSR count). The highest BCUT2D eigenvalue weighted by Gasteiger charge is 2.20. The number of carbonyl (C=O) groups excluding carboxylic acids is 2. The molecule has 0 spiro atoms. The molecule has 0 N–H and O–H groups in total. The van der Waals surface area contributed by atoms with Gasteiger partial charge in [0.05, 0.1) is 0 Å². The van der Waals surface area contributed by atoms with E-state index in [1.165, 1.54) is 6.92 Å². The first-order valence-electron chi connectivity index (χ1n) is 4.52. The zero-order valence-corrected chi connectivity index (χ0v) is 9.90. The van der Waals surface area contributed by atoms with Crippen LogP contribution in [0.2, 0.25) is 0 Å². The van der Waals surface area contributed by atoms with Crippen LogP contribution in [0.1, 0.15) is 17.5 Å². The van der Waals surface area contributed by atoms with Gasteiger partial charge < -0.3 is 9.47 Å². The lowest BCUT2D eigenvalue weighted by atomic mass is 10.4. The second kappa shape index (κ2) is 6.00. The van der Waals surface area contributed by atoms with Crippen molar-refractivity contribution in [2.45, 2.75) is 6.92 Å². The molecule has 1 heterocycles. The van der Waals surface area contributed by atoms with E-state index in [9.17, 15) is 14.2 Å². The second-order valence-corrected chi connectivity index (χ2v) is 3.80. The fourth-order valence-corrected chi connectivity index (χ4v) is 1.27. The Bertz CT molecular complexity index is 484. The lowest BCUT2D eigenvalue weighted by molar-refractivity contribution is -0.140. The summed E-state index contributed by atoms with van der Waals surface area (Å²) in [6, 6.07) is 0. The maximum Gasteiger partial charge on any atom is 0.805 e. The molecule has 0 aromatic carbocycles. The summed E-state index contributed by atoms with van der Waals surface area (Å²) in [5.74, 6) is -1.68. The number of esters is 2. The van der Waals surface area contributed by atoms with Crippen LogP contribution in [0.5, 0.6) is 0 Å². The van der Waals surface area contributed by atoms with Crippen LogP contribution in [0.25, 0.3) is 0 Å². The number of hydrogen-bond acceptors (Lipinski definition) is 7. The SMILES string of the molecule is C=C(C)C(=O)OCCOC(=O)c1co[p+](=O)o1. The Kier molecular flexibility index (Phi) is 4.66. The van der Waals surface area contributed by atoms with Crippen molar-refractivity contribution < 1.29 is 32.0 Å². The zero-order chi connectivity index (χ0) is 12.8. The Morgan fingerprint density at radius 2 is 2.06 bits per heavy atom. The monoisotopic (exact) mass is 261 g/mol. The van der Waals surface area contributed by atoms with E-state index in [4.69, 9.17) is 0 Å². The van der Waals surface area contributed by atoms with E-state index in [-0.39, 0.29) is 24.5 Å². The fourth-order valence-electron chi connectivity index (χ4n) is 0.763. The minimum Gasteiger partial charge on any atom is -0.459 e. The standard InChI is InChI=1S/C9H10O7P/c1-6(2)8(10)13-3-4-14-9(11)7-5-15-17(12)16-7/h5H,1,3-4H2,2H3/q+1. The van der Waals surface area contributed by atoms with Gasteiger partial charge in [0.15, 0.2) is 0 Å². The third-order valence-corrected chi connectivity index (χ3v) is 2.14. The molecular weight excluding hydrogens is 251 g/mol. The molecule has 17 heavy (non-hydrogen) atoms. The first-order chi connectivity index (χ1) is 8.00. The van der Waals surface area contributed by atoms with E-state index in [1.807, 2.05) is 0 Å². The zero-order valence-electron chi connectivity index (χ0n) is 9.00. The van der Waals surface area contributed by atoms with Crippen molar-refractivity contribution in [3.05, 3.63) is 24.2 Å². The van der Waals surface area contributed by atoms with Gasteiger partial charge in [-0.25, -0.2) is 18.0 Å². The van der Waals surface area contributed by atoms with Crippen molar-refractivity contribution in [3.63, 3.8) is 0 Å². The topological polar surface area (TPSA) is 96.0 Å². The van der Waals surface area contributed by atoms with Crippen molar-refractivity contribution in [3.8, 4) is 0 Å². The van der Waals surface area contributed by atoms with Gasteiger partial charge in [0.1, 0.15) is 13.2 Å². The third-order valence-electron chi connectivity index (χ3n) is 1.52. The normalized spacial score (nSPS) is 10.8. The molecule has 0 saturated heterocycles. The summed E-state index contributed by atoms with van der Waals surface area (Å²) in [6.45, 7) is 4.64. The molecule has 7 nitrogen and oxygen atoms in total. The van der Waals surface area contributed by atoms with Gasteiger partial charge in [0.25, 0.3) is 0 Å². The quantitative estimate of drug-likeness (QED) is 0.453. The molecule has 0 bridgehead atoms. The largest absolute Gasteiger partial charge is 0.805 e. The Balaban J connectivity index is 2.28. The number of carbonyl (C=O) groups is 2. The molecule has 1 aromatic rings. The predicted molar refractivity (Wildman–Crippen MR) is 54.6 cm³/mol. The summed E-state index contributed by atoms with van der Waals surface area (Å²) in [5, 5.41) is 0. The first kappa shape index (κ1) is 13.2. The fraction of sp³-hybridized carbons (Fsp3) is 0.333. The molecule has 1 unspecified atom stereocenters. The average molecular weight is 261 g/mol. The van der Waals surface area contributed by atoms with Crippen LogP contribution in [0.3, 0.4) is 0 Å². The summed E-state index contributed by atoms with van der Waals surface area (Å²) >= 11 is 0. The molecule has 0 aliphatic carbocycles. The minimum atomic E-state index is -2.31. The van der Waals surface area contributed by atoms with E-state index in [0.717, 1.165) is 6.26 Å². The maximum atomic E-state index is 11.2. The van der Waals surface area contributed by atoms with Crippen molar-refractivity contribution in [2.75, 3.05) is 13.2 Å². The van der Waals surface area contributed by atoms with Crippen molar-refractivity contribution in [1.29, 1.82) is 0 Å². The van der Waals surface area contributed by atoms with E-state index < -0.39 is 19.8 Å². The van der Waals surface area contributed by atoms with E-state index in [2.05, 4.69) is 24.4 Å². The van der Waals surface area contributed by atoms with Crippen LogP contribution in [-0.2, 0) is 18.8 Å². The van der Waals surface area contributed by atoms with Crippen LogP contribution in [0.4, 0.5) is 0 Å². The molecule has 0 fully saturated rings. The third kappa shape index (κ3) is 4.24. The number of hydrogen-bond donors (Lipinski definition) is 0. The number of rotatable bonds is 5. The molecule has 0 saturated carbocycles. The van der Waals surface area contributed by atoms with Gasteiger partial charge in [0.2, 0.25) is 6.26 Å². The average Bonchev–Trinajstić information content (AvgIpc) is 2.70. The maximum absolute atomic E-state index is 11.2. The van der Waals surface area contributed by atoms with Crippen LogP contribution in [-0.4, -0.2) is 25.2 Å². The lowest BCUT2D eigenvalue weighted by Crippen LogP contribution is -2.13. The molecular formula is C9H10O7P+. The van der Waals surface area contributed by atoms with Crippen LogP contribution in [0.15, 0.2) is 26.8 Å².